The van der Waals surface area contributed by atoms with Crippen LogP contribution in [0.25, 0.3) is 11.4 Å². The van der Waals surface area contributed by atoms with E-state index in [9.17, 15) is 9.59 Å². The number of benzene rings is 1. The van der Waals surface area contributed by atoms with Crippen LogP contribution in [0.3, 0.4) is 0 Å². The lowest BCUT2D eigenvalue weighted by Gasteiger charge is -2.30. The molecule has 1 aromatic carbocycles. The molecular formula is C22H31N5O2. The average Bonchev–Trinajstić information content (AvgIpc) is 3.03. The summed E-state index contributed by atoms with van der Waals surface area (Å²) in [6, 6.07) is 9.45. The number of hydrogen-bond acceptors (Lipinski definition) is 4. The highest BCUT2D eigenvalue weighted by Gasteiger charge is 2.33. The maximum absolute atomic E-state index is 12.8. The Morgan fingerprint density at radius 3 is 2.48 bits per heavy atom. The number of rotatable bonds is 5. The van der Waals surface area contributed by atoms with Crippen molar-refractivity contribution in [1.29, 1.82) is 0 Å². The molecule has 2 heterocycles. The third-order valence-corrected chi connectivity index (χ3v) is 5.32. The summed E-state index contributed by atoms with van der Waals surface area (Å²) >= 11 is 0. The Balaban J connectivity index is 1.88. The zero-order chi connectivity index (χ0) is 21.2. The van der Waals surface area contributed by atoms with Gasteiger partial charge in [-0.1, -0.05) is 51.1 Å². The minimum atomic E-state index is -0.602. The van der Waals surface area contributed by atoms with Crippen LogP contribution in [0.2, 0.25) is 0 Å². The van der Waals surface area contributed by atoms with Gasteiger partial charge >= 0.3 is 0 Å². The molecule has 0 aliphatic carbocycles. The topological polar surface area (TPSA) is 79.3 Å². The summed E-state index contributed by atoms with van der Waals surface area (Å²) < 4.78 is 2.22. The predicted molar refractivity (Wildman–Crippen MR) is 113 cm³/mol. The molecule has 7 heteroatoms. The van der Waals surface area contributed by atoms with E-state index < -0.39 is 11.5 Å². The number of hydrogen-bond donors (Lipinski definition) is 2. The summed E-state index contributed by atoms with van der Waals surface area (Å²) in [5, 5.41) is 5.55. The molecule has 3 rings (SSSR count). The first-order valence-corrected chi connectivity index (χ1v) is 10.0. The van der Waals surface area contributed by atoms with E-state index in [1.807, 2.05) is 51.1 Å². The molecule has 0 unspecified atom stereocenters. The Labute approximate surface area is 172 Å². The van der Waals surface area contributed by atoms with Crippen molar-refractivity contribution in [2.24, 2.45) is 5.41 Å². The van der Waals surface area contributed by atoms with Crippen molar-refractivity contribution in [2.45, 2.75) is 46.3 Å². The van der Waals surface area contributed by atoms with E-state index in [1.165, 1.54) is 0 Å². The van der Waals surface area contributed by atoms with Crippen molar-refractivity contribution in [3.8, 4) is 11.4 Å². The van der Waals surface area contributed by atoms with Gasteiger partial charge in [-0.3, -0.25) is 14.5 Å². The molecule has 2 amide bonds. The second-order valence-electron chi connectivity index (χ2n) is 8.74. The van der Waals surface area contributed by atoms with E-state index in [-0.39, 0.29) is 18.2 Å². The van der Waals surface area contributed by atoms with Crippen molar-refractivity contribution in [3.05, 3.63) is 41.7 Å². The smallest absolute Gasteiger partial charge is 0.242 e. The molecular weight excluding hydrogens is 366 g/mol. The summed E-state index contributed by atoms with van der Waals surface area (Å²) in [7, 11) is 3.66. The molecule has 1 aliphatic heterocycles. The second kappa shape index (κ2) is 8.37. The van der Waals surface area contributed by atoms with E-state index in [0.717, 1.165) is 42.4 Å². The van der Waals surface area contributed by atoms with Crippen molar-refractivity contribution in [3.63, 3.8) is 0 Å². The number of aromatic nitrogens is 2. The fourth-order valence-electron chi connectivity index (χ4n) is 3.69. The molecule has 0 bridgehead atoms. The zero-order valence-electron chi connectivity index (χ0n) is 18.0. The van der Waals surface area contributed by atoms with Gasteiger partial charge in [-0.2, -0.15) is 0 Å². The average molecular weight is 398 g/mol. The minimum Gasteiger partial charge on any atom is -0.357 e. The van der Waals surface area contributed by atoms with Crippen LogP contribution in [0, 0.1) is 5.41 Å². The first kappa shape index (κ1) is 21.0. The van der Waals surface area contributed by atoms with Gasteiger partial charge in [0.1, 0.15) is 11.9 Å². The van der Waals surface area contributed by atoms with Gasteiger partial charge in [0.25, 0.3) is 0 Å². The maximum Gasteiger partial charge on any atom is 0.242 e. The highest BCUT2D eigenvalue weighted by atomic mass is 16.2. The molecule has 2 aromatic rings. The van der Waals surface area contributed by atoms with Crippen LogP contribution < -0.4 is 10.6 Å². The Kier molecular flexibility index (Phi) is 6.07. The van der Waals surface area contributed by atoms with Crippen LogP contribution >= 0.6 is 0 Å². The van der Waals surface area contributed by atoms with Crippen LogP contribution in [-0.4, -0.2) is 52.9 Å². The molecule has 2 N–H and O–H groups in total. The number of nitrogens with one attached hydrogen (secondary N) is 2. The highest BCUT2D eigenvalue weighted by molar-refractivity contribution is 5.88. The Bertz CT molecular complexity index is 883. The largest absolute Gasteiger partial charge is 0.357 e. The first-order chi connectivity index (χ1) is 13.7. The molecule has 1 atom stereocenters. The monoisotopic (exact) mass is 397 g/mol. The third-order valence-electron chi connectivity index (χ3n) is 5.32. The maximum atomic E-state index is 12.8. The van der Waals surface area contributed by atoms with Crippen LogP contribution in [0.15, 0.2) is 30.3 Å². The summed E-state index contributed by atoms with van der Waals surface area (Å²) in [6.45, 7) is 8.35. The number of carbonyl (C=O) groups excluding carboxylic acids is 2. The summed E-state index contributed by atoms with van der Waals surface area (Å²) in [4.78, 5) is 32.2. The van der Waals surface area contributed by atoms with E-state index in [2.05, 4.69) is 27.1 Å². The summed E-state index contributed by atoms with van der Waals surface area (Å²) in [5.74, 6) is 0.514. The van der Waals surface area contributed by atoms with Gasteiger partial charge in [0.2, 0.25) is 11.8 Å². The van der Waals surface area contributed by atoms with E-state index in [4.69, 9.17) is 4.98 Å². The SMILES string of the molecule is CNC(=O)[C@@H](NC(=O)Cc1nc(-c2ccccc2)n2c1CN(C)CC2)C(C)(C)C. The lowest BCUT2D eigenvalue weighted by molar-refractivity contribution is -0.131. The van der Waals surface area contributed by atoms with Crippen molar-refractivity contribution >= 4 is 11.8 Å². The number of imidazole rings is 1. The van der Waals surface area contributed by atoms with Gasteiger partial charge in [0, 0.05) is 32.2 Å². The fourth-order valence-corrected chi connectivity index (χ4v) is 3.69. The zero-order valence-corrected chi connectivity index (χ0v) is 18.0. The molecule has 0 spiro atoms. The standard InChI is InChI=1S/C22H31N5O2/c1-22(2,3)19(21(29)23-4)25-18(28)13-16-17-14-26(5)11-12-27(17)20(24-16)15-9-7-6-8-10-15/h6-10,19H,11-14H2,1-5H3,(H,23,29)(H,25,28)/t19-/m1/s1. The molecule has 0 radical (unpaired) electrons. The molecule has 7 nitrogen and oxygen atoms in total. The lowest BCUT2D eigenvalue weighted by atomic mass is 9.86. The molecule has 1 aliphatic rings. The number of likely N-dealkylation sites (N-methyl/N-ethyl adjacent to an activating group) is 2. The second-order valence-corrected chi connectivity index (χ2v) is 8.74. The van der Waals surface area contributed by atoms with Gasteiger partial charge in [0.05, 0.1) is 17.8 Å². The van der Waals surface area contributed by atoms with E-state index >= 15 is 0 Å². The van der Waals surface area contributed by atoms with Gasteiger partial charge in [0.15, 0.2) is 0 Å². The van der Waals surface area contributed by atoms with Gasteiger partial charge < -0.3 is 15.2 Å². The van der Waals surface area contributed by atoms with Crippen molar-refractivity contribution in [1.82, 2.24) is 25.1 Å². The minimum absolute atomic E-state index is 0.152. The molecule has 0 fully saturated rings. The number of fused-ring (bicyclic) bond motifs is 1. The molecule has 156 valence electrons. The number of amides is 2. The van der Waals surface area contributed by atoms with Crippen LogP contribution in [0.4, 0.5) is 0 Å². The van der Waals surface area contributed by atoms with Gasteiger partial charge in [-0.05, 0) is 12.5 Å². The number of carbonyl (C=O) groups is 2. The van der Waals surface area contributed by atoms with Crippen LogP contribution in [0.1, 0.15) is 32.2 Å². The third kappa shape index (κ3) is 4.67. The summed E-state index contributed by atoms with van der Waals surface area (Å²) in [5.41, 5.74) is 2.50. The summed E-state index contributed by atoms with van der Waals surface area (Å²) in [6.07, 6.45) is 0.152. The van der Waals surface area contributed by atoms with Gasteiger partial charge in [-0.25, -0.2) is 4.98 Å². The quantitative estimate of drug-likeness (QED) is 0.807. The Hall–Kier alpha value is -2.67. The Morgan fingerprint density at radius 1 is 1.17 bits per heavy atom. The number of nitrogens with zero attached hydrogens (tertiary/aromatic N) is 3. The van der Waals surface area contributed by atoms with Crippen molar-refractivity contribution in [2.75, 3.05) is 20.6 Å². The lowest BCUT2D eigenvalue weighted by Crippen LogP contribution is -2.53. The first-order valence-electron chi connectivity index (χ1n) is 10.0. The predicted octanol–water partition coefficient (Wildman–Crippen LogP) is 1.81. The molecule has 29 heavy (non-hydrogen) atoms. The van der Waals surface area contributed by atoms with Crippen LogP contribution in [0.5, 0.6) is 0 Å². The van der Waals surface area contributed by atoms with Crippen molar-refractivity contribution < 1.29 is 9.59 Å². The normalized spacial score (nSPS) is 15.5. The molecule has 1 aromatic heterocycles. The molecule has 0 saturated heterocycles. The van der Waals surface area contributed by atoms with Gasteiger partial charge in [-0.15, -0.1) is 0 Å². The molecule has 0 saturated carbocycles. The Morgan fingerprint density at radius 2 is 1.86 bits per heavy atom. The van der Waals surface area contributed by atoms with Crippen LogP contribution in [-0.2, 0) is 29.1 Å². The van der Waals surface area contributed by atoms with E-state index in [1.54, 1.807) is 7.05 Å². The van der Waals surface area contributed by atoms with E-state index in [0.29, 0.717) is 0 Å². The highest BCUT2D eigenvalue weighted by Crippen LogP contribution is 2.26. The fraction of sp³-hybridized carbons (Fsp3) is 0.500.